The zero-order valence-corrected chi connectivity index (χ0v) is 9.33. The summed E-state index contributed by atoms with van der Waals surface area (Å²) in [5.74, 6) is 0. The molecule has 2 aliphatic carbocycles. The molecule has 3 rings (SSSR count). The van der Waals surface area contributed by atoms with Crippen molar-refractivity contribution in [1.29, 1.82) is 0 Å². The van der Waals surface area contributed by atoms with E-state index in [1.165, 1.54) is 38.5 Å². The zero-order chi connectivity index (χ0) is 9.38. The lowest BCUT2D eigenvalue weighted by molar-refractivity contribution is 0.689. The van der Waals surface area contributed by atoms with Gasteiger partial charge in [-0.25, -0.2) is 0 Å². The topological polar surface area (TPSA) is 12.0 Å². The van der Waals surface area contributed by atoms with Crippen LogP contribution in [0.2, 0.25) is 0 Å². The smallest absolute Gasteiger partial charge is 0.0302 e. The molecular weight excluding hydrogens is 190 g/mol. The van der Waals surface area contributed by atoms with E-state index in [9.17, 15) is 0 Å². The summed E-state index contributed by atoms with van der Waals surface area (Å²) in [6.45, 7) is 1.11. The summed E-state index contributed by atoms with van der Waals surface area (Å²) in [5, 5.41) is 3.59. The van der Waals surface area contributed by atoms with Gasteiger partial charge in [-0.15, -0.1) is 11.3 Å². The average Bonchev–Trinajstić information content (AvgIpc) is 2.94. The minimum Gasteiger partial charge on any atom is -0.309 e. The summed E-state index contributed by atoms with van der Waals surface area (Å²) in [4.78, 5) is 3.23. The van der Waals surface area contributed by atoms with E-state index >= 15 is 0 Å². The third-order valence-corrected chi connectivity index (χ3v) is 4.43. The third-order valence-electron chi connectivity index (χ3n) is 3.19. The van der Waals surface area contributed by atoms with Crippen LogP contribution in [0.1, 0.15) is 41.0 Å². The first-order valence-corrected chi connectivity index (χ1v) is 6.57. The van der Waals surface area contributed by atoms with Crippen LogP contribution in [0.5, 0.6) is 0 Å². The average molecular weight is 207 g/mol. The first-order valence-electron chi connectivity index (χ1n) is 5.75. The maximum absolute atomic E-state index is 3.59. The molecule has 1 fully saturated rings. The van der Waals surface area contributed by atoms with Crippen LogP contribution in [0.25, 0.3) is 0 Å². The molecular formula is C12H17NS. The molecule has 0 saturated heterocycles. The summed E-state index contributed by atoms with van der Waals surface area (Å²) in [7, 11) is 0. The van der Waals surface area contributed by atoms with Gasteiger partial charge in [0, 0.05) is 22.3 Å². The summed E-state index contributed by atoms with van der Waals surface area (Å²) in [6, 6.07) is 3.28. The summed E-state index contributed by atoms with van der Waals surface area (Å²) < 4.78 is 0. The Morgan fingerprint density at radius 2 is 2.14 bits per heavy atom. The quantitative estimate of drug-likeness (QED) is 0.803. The molecule has 14 heavy (non-hydrogen) atoms. The fourth-order valence-electron chi connectivity index (χ4n) is 2.17. The Morgan fingerprint density at radius 3 is 2.93 bits per heavy atom. The number of thiophene rings is 1. The molecule has 0 aromatic carbocycles. The molecule has 0 radical (unpaired) electrons. The van der Waals surface area contributed by atoms with Gasteiger partial charge >= 0.3 is 0 Å². The molecule has 1 aromatic heterocycles. The monoisotopic (exact) mass is 207 g/mol. The lowest BCUT2D eigenvalue weighted by Gasteiger charge is -2.08. The Hall–Kier alpha value is -0.340. The molecule has 1 heterocycles. The third kappa shape index (κ3) is 1.86. The second-order valence-corrected chi connectivity index (χ2v) is 5.74. The molecule has 0 spiro atoms. The summed E-state index contributed by atoms with van der Waals surface area (Å²) in [5.41, 5.74) is 1.65. The van der Waals surface area contributed by atoms with E-state index in [0.717, 1.165) is 12.6 Å². The Morgan fingerprint density at radius 1 is 1.29 bits per heavy atom. The van der Waals surface area contributed by atoms with E-state index in [2.05, 4.69) is 11.4 Å². The molecule has 0 bridgehead atoms. The van der Waals surface area contributed by atoms with Crippen LogP contribution in [0, 0.1) is 0 Å². The second kappa shape index (κ2) is 3.67. The van der Waals surface area contributed by atoms with Crippen molar-refractivity contribution in [1.82, 2.24) is 5.32 Å². The Labute approximate surface area is 89.5 Å². The standard InChI is InChI=1S/C12H17NS/c1-2-4-12-9(3-1)7-11(14-12)8-13-10-5-6-10/h7,10,13H,1-6,8H2. The Bertz CT molecular complexity index is 302. The highest BCUT2D eigenvalue weighted by atomic mass is 32.1. The van der Waals surface area contributed by atoms with E-state index in [4.69, 9.17) is 0 Å². The van der Waals surface area contributed by atoms with E-state index in [-0.39, 0.29) is 0 Å². The SMILES string of the molecule is c1c(CNC2CC2)sc2c1CCCC2. The van der Waals surface area contributed by atoms with Crippen molar-refractivity contribution in [2.24, 2.45) is 0 Å². The first-order chi connectivity index (χ1) is 6.92. The van der Waals surface area contributed by atoms with Crippen LogP contribution in [0.4, 0.5) is 0 Å². The molecule has 1 aromatic rings. The minimum absolute atomic E-state index is 0.842. The summed E-state index contributed by atoms with van der Waals surface area (Å²) >= 11 is 2.04. The Balaban J connectivity index is 1.68. The predicted molar refractivity (Wildman–Crippen MR) is 60.8 cm³/mol. The van der Waals surface area contributed by atoms with Gasteiger partial charge in [-0.05, 0) is 50.2 Å². The van der Waals surface area contributed by atoms with Gasteiger partial charge in [0.1, 0.15) is 0 Å². The van der Waals surface area contributed by atoms with Crippen molar-refractivity contribution in [2.45, 2.75) is 51.1 Å². The molecule has 0 unspecified atom stereocenters. The van der Waals surface area contributed by atoms with Gasteiger partial charge in [-0.3, -0.25) is 0 Å². The van der Waals surface area contributed by atoms with Gasteiger partial charge in [-0.1, -0.05) is 0 Å². The van der Waals surface area contributed by atoms with Crippen molar-refractivity contribution in [2.75, 3.05) is 0 Å². The van der Waals surface area contributed by atoms with Gasteiger partial charge in [0.25, 0.3) is 0 Å². The highest BCUT2D eigenvalue weighted by Gasteiger charge is 2.21. The fourth-order valence-corrected chi connectivity index (χ4v) is 3.38. The number of aryl methyl sites for hydroxylation is 2. The normalized spacial score (nSPS) is 20.9. The van der Waals surface area contributed by atoms with E-state index < -0.39 is 0 Å². The van der Waals surface area contributed by atoms with Crippen LogP contribution >= 0.6 is 11.3 Å². The van der Waals surface area contributed by atoms with Crippen molar-refractivity contribution in [3.8, 4) is 0 Å². The van der Waals surface area contributed by atoms with Crippen LogP contribution in [-0.4, -0.2) is 6.04 Å². The van der Waals surface area contributed by atoms with E-state index in [1.54, 1.807) is 15.3 Å². The van der Waals surface area contributed by atoms with Gasteiger partial charge < -0.3 is 5.32 Å². The largest absolute Gasteiger partial charge is 0.309 e. The Kier molecular flexibility index (Phi) is 2.34. The first kappa shape index (κ1) is 8.93. The lowest BCUT2D eigenvalue weighted by Crippen LogP contribution is -2.14. The minimum atomic E-state index is 0.842. The second-order valence-electron chi connectivity index (χ2n) is 4.52. The highest BCUT2D eigenvalue weighted by molar-refractivity contribution is 7.12. The highest BCUT2D eigenvalue weighted by Crippen LogP contribution is 2.30. The molecule has 1 nitrogen and oxygen atoms in total. The molecule has 0 amide bonds. The van der Waals surface area contributed by atoms with Gasteiger partial charge in [0.2, 0.25) is 0 Å². The number of nitrogens with one attached hydrogen (secondary N) is 1. The number of fused-ring (bicyclic) bond motifs is 1. The van der Waals surface area contributed by atoms with Crippen molar-refractivity contribution >= 4 is 11.3 Å². The maximum Gasteiger partial charge on any atom is 0.0302 e. The molecule has 1 saturated carbocycles. The van der Waals surface area contributed by atoms with Gasteiger partial charge in [-0.2, -0.15) is 0 Å². The molecule has 2 aliphatic rings. The summed E-state index contributed by atoms with van der Waals surface area (Å²) in [6.07, 6.45) is 8.26. The number of hydrogen-bond acceptors (Lipinski definition) is 2. The van der Waals surface area contributed by atoms with Crippen LogP contribution in [0.3, 0.4) is 0 Å². The number of rotatable bonds is 3. The fraction of sp³-hybridized carbons (Fsp3) is 0.667. The maximum atomic E-state index is 3.59. The molecule has 76 valence electrons. The molecule has 0 atom stereocenters. The van der Waals surface area contributed by atoms with Crippen LogP contribution in [-0.2, 0) is 19.4 Å². The van der Waals surface area contributed by atoms with Gasteiger partial charge in [0.15, 0.2) is 0 Å². The zero-order valence-electron chi connectivity index (χ0n) is 8.51. The van der Waals surface area contributed by atoms with Crippen molar-refractivity contribution in [3.63, 3.8) is 0 Å². The van der Waals surface area contributed by atoms with Crippen molar-refractivity contribution < 1.29 is 0 Å². The van der Waals surface area contributed by atoms with Gasteiger partial charge in [0.05, 0.1) is 0 Å². The molecule has 2 heteroatoms. The predicted octanol–water partition coefficient (Wildman–Crippen LogP) is 2.88. The van der Waals surface area contributed by atoms with Crippen molar-refractivity contribution in [3.05, 3.63) is 21.4 Å². The van der Waals surface area contributed by atoms with Crippen LogP contribution < -0.4 is 5.32 Å². The van der Waals surface area contributed by atoms with Crippen LogP contribution in [0.15, 0.2) is 6.07 Å². The number of hydrogen-bond donors (Lipinski definition) is 1. The van der Waals surface area contributed by atoms with E-state index in [1.807, 2.05) is 11.3 Å². The lowest BCUT2D eigenvalue weighted by atomic mass is 9.99. The van der Waals surface area contributed by atoms with E-state index in [0.29, 0.717) is 0 Å². The molecule has 1 N–H and O–H groups in total. The molecule has 0 aliphatic heterocycles.